The largest absolute Gasteiger partial charge is 0.356 e. The quantitative estimate of drug-likeness (QED) is 0.588. The molecule has 6 nitrogen and oxygen atoms in total. The number of carbonyl (C=O) groups is 2. The summed E-state index contributed by atoms with van der Waals surface area (Å²) in [6, 6.07) is 17.3. The van der Waals surface area contributed by atoms with Crippen molar-refractivity contribution in [3.63, 3.8) is 0 Å². The van der Waals surface area contributed by atoms with Crippen LogP contribution >= 0.6 is 11.6 Å². The van der Waals surface area contributed by atoms with Crippen molar-refractivity contribution in [1.82, 2.24) is 15.0 Å². The van der Waals surface area contributed by atoms with Gasteiger partial charge in [-0.15, -0.1) is 0 Å². The number of hydrogen-bond donors (Lipinski definition) is 0. The molecule has 0 N–H and O–H groups in total. The highest BCUT2D eigenvalue weighted by Crippen LogP contribution is 2.33. The van der Waals surface area contributed by atoms with Crippen LogP contribution in [0.5, 0.6) is 0 Å². The summed E-state index contributed by atoms with van der Waals surface area (Å²) >= 11 is 5.99. The first-order valence-corrected chi connectivity index (χ1v) is 11.3. The van der Waals surface area contributed by atoms with Crippen LogP contribution in [0.3, 0.4) is 0 Å². The maximum absolute atomic E-state index is 13.2. The molecule has 1 fully saturated rings. The van der Waals surface area contributed by atoms with E-state index in [9.17, 15) is 9.59 Å². The van der Waals surface area contributed by atoms with Crippen LogP contribution in [0.25, 0.3) is 11.3 Å². The number of halogens is 1. The van der Waals surface area contributed by atoms with Gasteiger partial charge in [-0.1, -0.05) is 47.1 Å². The van der Waals surface area contributed by atoms with Crippen LogP contribution < -0.4 is 0 Å². The predicted octanol–water partition coefficient (Wildman–Crippen LogP) is 4.49. The molecule has 2 aliphatic heterocycles. The summed E-state index contributed by atoms with van der Waals surface area (Å²) in [4.78, 5) is 29.6. The van der Waals surface area contributed by atoms with Crippen LogP contribution in [0.4, 0.5) is 0 Å². The SMILES string of the molecule is CC(c1ccccc1)N1CC(C(=O)N2CCc3c(noc3-c3ccc(Cl)cc3)C2)CC1=O. The highest BCUT2D eigenvalue weighted by molar-refractivity contribution is 6.30. The number of likely N-dealkylation sites (tertiary alicyclic amines) is 1. The fourth-order valence-electron chi connectivity index (χ4n) is 4.69. The molecule has 2 aromatic carbocycles. The van der Waals surface area contributed by atoms with Gasteiger partial charge in [0.15, 0.2) is 5.76 Å². The van der Waals surface area contributed by atoms with Crippen LogP contribution in [-0.4, -0.2) is 39.9 Å². The van der Waals surface area contributed by atoms with E-state index in [0.29, 0.717) is 31.1 Å². The molecule has 0 saturated carbocycles. The Kier molecular flexibility index (Phi) is 5.47. The number of carbonyl (C=O) groups excluding carboxylic acids is 2. The molecule has 3 heterocycles. The molecule has 2 amide bonds. The number of amides is 2. The van der Waals surface area contributed by atoms with E-state index in [1.54, 1.807) is 0 Å². The number of aromatic nitrogens is 1. The molecule has 0 spiro atoms. The zero-order valence-corrected chi connectivity index (χ0v) is 18.6. The van der Waals surface area contributed by atoms with Crippen molar-refractivity contribution in [2.75, 3.05) is 13.1 Å². The maximum atomic E-state index is 13.2. The van der Waals surface area contributed by atoms with Crippen molar-refractivity contribution in [2.24, 2.45) is 5.92 Å². The lowest BCUT2D eigenvalue weighted by molar-refractivity contribution is -0.136. The van der Waals surface area contributed by atoms with Gasteiger partial charge in [-0.05, 0) is 43.2 Å². The third-order valence-corrected chi connectivity index (χ3v) is 6.77. The lowest BCUT2D eigenvalue weighted by Crippen LogP contribution is -2.40. The van der Waals surface area contributed by atoms with Crippen molar-refractivity contribution in [3.05, 3.63) is 76.4 Å². The second-order valence-corrected chi connectivity index (χ2v) is 8.92. The predicted molar refractivity (Wildman–Crippen MR) is 121 cm³/mol. The van der Waals surface area contributed by atoms with Crippen molar-refractivity contribution >= 4 is 23.4 Å². The van der Waals surface area contributed by atoms with E-state index in [2.05, 4.69) is 5.16 Å². The van der Waals surface area contributed by atoms with Gasteiger partial charge in [0.25, 0.3) is 0 Å². The molecule has 0 bridgehead atoms. The van der Waals surface area contributed by atoms with E-state index >= 15 is 0 Å². The zero-order chi connectivity index (χ0) is 22.2. The van der Waals surface area contributed by atoms with Crippen molar-refractivity contribution < 1.29 is 14.1 Å². The molecule has 7 heteroatoms. The summed E-state index contributed by atoms with van der Waals surface area (Å²) in [5.41, 5.74) is 3.83. The number of hydrogen-bond acceptors (Lipinski definition) is 4. The lowest BCUT2D eigenvalue weighted by Gasteiger charge is -2.29. The number of benzene rings is 2. The molecule has 1 saturated heterocycles. The van der Waals surface area contributed by atoms with Gasteiger partial charge >= 0.3 is 0 Å². The first-order chi connectivity index (χ1) is 15.5. The van der Waals surface area contributed by atoms with Crippen LogP contribution in [0, 0.1) is 5.92 Å². The maximum Gasteiger partial charge on any atom is 0.228 e. The van der Waals surface area contributed by atoms with Gasteiger partial charge in [0.05, 0.1) is 18.5 Å². The van der Waals surface area contributed by atoms with E-state index in [1.807, 2.05) is 71.3 Å². The van der Waals surface area contributed by atoms with Gasteiger partial charge in [0.2, 0.25) is 11.8 Å². The van der Waals surface area contributed by atoms with Crippen molar-refractivity contribution in [3.8, 4) is 11.3 Å². The topological polar surface area (TPSA) is 66.7 Å². The average Bonchev–Trinajstić information content (AvgIpc) is 3.42. The smallest absolute Gasteiger partial charge is 0.228 e. The second kappa shape index (κ2) is 8.43. The van der Waals surface area contributed by atoms with E-state index in [4.69, 9.17) is 16.1 Å². The van der Waals surface area contributed by atoms with Crippen LogP contribution in [0.2, 0.25) is 5.02 Å². The third-order valence-electron chi connectivity index (χ3n) is 6.52. The fourth-order valence-corrected chi connectivity index (χ4v) is 4.81. The molecular weight excluding hydrogens is 426 g/mol. The minimum absolute atomic E-state index is 0.0165. The highest BCUT2D eigenvalue weighted by atomic mass is 35.5. The number of rotatable bonds is 4. The molecule has 2 unspecified atom stereocenters. The first-order valence-electron chi connectivity index (χ1n) is 10.9. The van der Waals surface area contributed by atoms with Crippen LogP contribution in [-0.2, 0) is 22.6 Å². The standard InChI is InChI=1S/C25H24ClN3O3/c1-16(17-5-3-2-4-6-17)29-14-19(13-23(29)30)25(31)28-12-11-21-22(15-28)27-32-24(21)18-7-9-20(26)10-8-18/h2-10,16,19H,11-15H2,1H3. The molecule has 32 heavy (non-hydrogen) atoms. The molecular formula is C25H24ClN3O3. The average molecular weight is 450 g/mol. The van der Waals surface area contributed by atoms with Gasteiger partial charge < -0.3 is 14.3 Å². The highest BCUT2D eigenvalue weighted by Gasteiger charge is 2.40. The monoisotopic (exact) mass is 449 g/mol. The molecule has 0 radical (unpaired) electrons. The molecule has 2 atom stereocenters. The Morgan fingerprint density at radius 2 is 1.91 bits per heavy atom. The number of fused-ring (bicyclic) bond motifs is 1. The third kappa shape index (κ3) is 3.79. The normalized spacial score (nSPS) is 19.2. The molecule has 3 aromatic rings. The Bertz CT molecular complexity index is 1140. The Labute approximate surface area is 191 Å². The summed E-state index contributed by atoms with van der Waals surface area (Å²) < 4.78 is 5.62. The second-order valence-electron chi connectivity index (χ2n) is 8.49. The molecule has 164 valence electrons. The number of nitrogens with zero attached hydrogens (tertiary/aromatic N) is 3. The van der Waals surface area contributed by atoms with E-state index < -0.39 is 0 Å². The summed E-state index contributed by atoms with van der Waals surface area (Å²) in [5, 5.41) is 4.90. The van der Waals surface area contributed by atoms with Gasteiger partial charge in [-0.25, -0.2) is 0 Å². The minimum atomic E-state index is -0.321. The van der Waals surface area contributed by atoms with Gasteiger partial charge in [-0.3, -0.25) is 9.59 Å². The Balaban J connectivity index is 1.28. The van der Waals surface area contributed by atoms with Gasteiger partial charge in [0.1, 0.15) is 5.69 Å². The van der Waals surface area contributed by atoms with Crippen LogP contribution in [0.1, 0.15) is 36.2 Å². The Hall–Kier alpha value is -3.12. The lowest BCUT2D eigenvalue weighted by atomic mass is 9.99. The summed E-state index contributed by atoms with van der Waals surface area (Å²) in [5.74, 6) is 0.465. The summed E-state index contributed by atoms with van der Waals surface area (Å²) in [6.45, 7) is 3.46. The van der Waals surface area contributed by atoms with Crippen LogP contribution in [0.15, 0.2) is 59.1 Å². The van der Waals surface area contributed by atoms with Crippen molar-refractivity contribution in [2.45, 2.75) is 32.4 Å². The summed E-state index contributed by atoms with van der Waals surface area (Å²) in [7, 11) is 0. The van der Waals surface area contributed by atoms with Gasteiger partial charge in [-0.2, -0.15) is 0 Å². The molecule has 1 aromatic heterocycles. The van der Waals surface area contributed by atoms with E-state index in [-0.39, 0.29) is 30.2 Å². The van der Waals surface area contributed by atoms with Gasteiger partial charge in [0, 0.05) is 35.7 Å². The molecule has 2 aliphatic rings. The summed E-state index contributed by atoms with van der Waals surface area (Å²) in [6.07, 6.45) is 0.932. The molecule has 5 rings (SSSR count). The minimum Gasteiger partial charge on any atom is -0.356 e. The van der Waals surface area contributed by atoms with E-state index in [1.165, 1.54) is 0 Å². The zero-order valence-electron chi connectivity index (χ0n) is 17.8. The Morgan fingerprint density at radius 3 is 2.66 bits per heavy atom. The molecule has 0 aliphatic carbocycles. The first kappa shape index (κ1) is 20.8. The Morgan fingerprint density at radius 1 is 1.16 bits per heavy atom. The van der Waals surface area contributed by atoms with Crippen molar-refractivity contribution in [1.29, 1.82) is 0 Å². The fraction of sp³-hybridized carbons (Fsp3) is 0.320. The van der Waals surface area contributed by atoms with E-state index in [0.717, 1.165) is 28.1 Å².